The highest BCUT2D eigenvalue weighted by Gasteiger charge is 2.47. The van der Waals surface area contributed by atoms with Gasteiger partial charge in [-0.3, -0.25) is 4.79 Å². The van der Waals surface area contributed by atoms with Gasteiger partial charge in [-0.25, -0.2) is 0 Å². The number of carbonyl (C=O) groups excluding carboxylic acids is 1. The van der Waals surface area contributed by atoms with Crippen molar-refractivity contribution >= 4 is 5.91 Å². The molecule has 0 unspecified atom stereocenters. The van der Waals surface area contributed by atoms with Crippen LogP contribution in [0.5, 0.6) is 0 Å². The fourth-order valence-electron chi connectivity index (χ4n) is 1.54. The van der Waals surface area contributed by atoms with Crippen LogP contribution >= 0.6 is 0 Å². The van der Waals surface area contributed by atoms with Crippen LogP contribution in [0.15, 0.2) is 0 Å². The molecular formula is C8H16N2O5. The second-order valence-corrected chi connectivity index (χ2v) is 3.69. The van der Waals surface area contributed by atoms with Gasteiger partial charge < -0.3 is 31.1 Å². The van der Waals surface area contributed by atoms with Gasteiger partial charge in [0.25, 0.3) is 0 Å². The Morgan fingerprint density at radius 2 is 2.27 bits per heavy atom. The molecule has 0 bridgehead atoms. The predicted molar refractivity (Wildman–Crippen MR) is 49.6 cm³/mol. The minimum Gasteiger partial charge on any atom is -0.394 e. The molecule has 1 aliphatic heterocycles. The molecule has 1 fully saturated rings. The van der Waals surface area contributed by atoms with Gasteiger partial charge in [0, 0.05) is 6.92 Å². The summed E-state index contributed by atoms with van der Waals surface area (Å²) in [6.45, 7) is 0.649. The van der Waals surface area contributed by atoms with Crippen LogP contribution < -0.4 is 11.1 Å². The molecule has 15 heavy (non-hydrogen) atoms. The number of nitrogens with one attached hydrogen (secondary N) is 1. The zero-order chi connectivity index (χ0) is 11.6. The standard InChI is InChI=1S/C8H16N2O5/c1-4(12)10-8(9)3-15-5(2-11)6(13)7(8)14/h5-7,11,13-14H,2-3,9H2,1H3,(H,10,12)/t5-,6-,7+,8-/m1/s1. The molecule has 1 saturated heterocycles. The van der Waals surface area contributed by atoms with Crippen LogP contribution in [-0.4, -0.2) is 58.4 Å². The number of rotatable bonds is 2. The van der Waals surface area contributed by atoms with E-state index in [0.29, 0.717) is 0 Å². The van der Waals surface area contributed by atoms with Crippen LogP contribution in [-0.2, 0) is 9.53 Å². The molecular weight excluding hydrogens is 204 g/mol. The zero-order valence-electron chi connectivity index (χ0n) is 8.38. The van der Waals surface area contributed by atoms with E-state index in [-0.39, 0.29) is 6.61 Å². The van der Waals surface area contributed by atoms with Gasteiger partial charge in [0.05, 0.1) is 13.2 Å². The molecule has 1 rings (SSSR count). The maximum atomic E-state index is 10.8. The third-order valence-electron chi connectivity index (χ3n) is 2.36. The van der Waals surface area contributed by atoms with Crippen LogP contribution in [0.4, 0.5) is 0 Å². The molecule has 7 heteroatoms. The summed E-state index contributed by atoms with van der Waals surface area (Å²) in [5.74, 6) is -0.435. The van der Waals surface area contributed by atoms with Crippen LogP contribution in [0.3, 0.4) is 0 Å². The minimum atomic E-state index is -1.52. The summed E-state index contributed by atoms with van der Waals surface area (Å²) in [7, 11) is 0. The molecule has 6 N–H and O–H groups in total. The van der Waals surface area contributed by atoms with E-state index in [2.05, 4.69) is 5.32 Å². The molecule has 0 aromatic carbocycles. The summed E-state index contributed by atoms with van der Waals surface area (Å²) >= 11 is 0. The molecule has 4 atom stereocenters. The molecule has 0 saturated carbocycles. The lowest BCUT2D eigenvalue weighted by atomic mass is 9.93. The molecule has 1 heterocycles. The topological polar surface area (TPSA) is 125 Å². The first-order valence-electron chi connectivity index (χ1n) is 4.57. The smallest absolute Gasteiger partial charge is 0.218 e. The zero-order valence-corrected chi connectivity index (χ0v) is 8.38. The van der Waals surface area contributed by atoms with Gasteiger partial charge in [-0.1, -0.05) is 0 Å². The van der Waals surface area contributed by atoms with Crippen molar-refractivity contribution in [1.29, 1.82) is 0 Å². The summed E-state index contributed by atoms with van der Waals surface area (Å²) in [6, 6.07) is 0. The van der Waals surface area contributed by atoms with E-state index < -0.39 is 36.5 Å². The Labute approximate surface area is 86.8 Å². The predicted octanol–water partition coefficient (Wildman–Crippen LogP) is -3.11. The minimum absolute atomic E-state index is 0.171. The van der Waals surface area contributed by atoms with E-state index in [1.54, 1.807) is 0 Å². The van der Waals surface area contributed by atoms with Gasteiger partial charge in [-0.2, -0.15) is 0 Å². The molecule has 0 radical (unpaired) electrons. The van der Waals surface area contributed by atoms with E-state index >= 15 is 0 Å². The van der Waals surface area contributed by atoms with Gasteiger partial charge >= 0.3 is 0 Å². The first-order chi connectivity index (χ1) is 6.90. The molecule has 0 aliphatic carbocycles. The van der Waals surface area contributed by atoms with Crippen molar-refractivity contribution in [3.63, 3.8) is 0 Å². The van der Waals surface area contributed by atoms with E-state index in [9.17, 15) is 15.0 Å². The Balaban J connectivity index is 2.74. The molecule has 1 aliphatic rings. The highest BCUT2D eigenvalue weighted by molar-refractivity contribution is 5.73. The molecule has 0 aromatic heterocycles. The van der Waals surface area contributed by atoms with Crippen molar-refractivity contribution in [2.75, 3.05) is 13.2 Å². The Morgan fingerprint density at radius 1 is 1.67 bits per heavy atom. The molecule has 88 valence electrons. The Bertz CT molecular complexity index is 249. The summed E-state index contributed by atoms with van der Waals surface area (Å²) in [4.78, 5) is 10.8. The van der Waals surface area contributed by atoms with Crippen molar-refractivity contribution in [2.45, 2.75) is 30.9 Å². The van der Waals surface area contributed by atoms with Gasteiger partial charge in [0.2, 0.25) is 5.91 Å². The van der Waals surface area contributed by atoms with Crippen molar-refractivity contribution in [3.05, 3.63) is 0 Å². The van der Waals surface area contributed by atoms with Crippen molar-refractivity contribution < 1.29 is 24.9 Å². The average Bonchev–Trinajstić information content (AvgIpc) is 2.14. The maximum Gasteiger partial charge on any atom is 0.218 e. The number of hydrogen-bond acceptors (Lipinski definition) is 6. The normalized spacial score (nSPS) is 41.3. The van der Waals surface area contributed by atoms with Crippen LogP contribution in [0.25, 0.3) is 0 Å². The highest BCUT2D eigenvalue weighted by atomic mass is 16.5. The van der Waals surface area contributed by atoms with E-state index in [1.807, 2.05) is 0 Å². The fourth-order valence-corrected chi connectivity index (χ4v) is 1.54. The van der Waals surface area contributed by atoms with Gasteiger partial charge in [-0.15, -0.1) is 0 Å². The van der Waals surface area contributed by atoms with Crippen LogP contribution in [0.1, 0.15) is 6.92 Å². The van der Waals surface area contributed by atoms with Gasteiger partial charge in [0.15, 0.2) is 0 Å². The van der Waals surface area contributed by atoms with E-state index in [0.717, 1.165) is 0 Å². The number of amides is 1. The van der Waals surface area contributed by atoms with E-state index in [1.165, 1.54) is 6.92 Å². The number of aliphatic hydroxyl groups is 3. The van der Waals surface area contributed by atoms with Gasteiger partial charge in [-0.05, 0) is 0 Å². The molecule has 7 nitrogen and oxygen atoms in total. The Morgan fingerprint density at radius 3 is 2.73 bits per heavy atom. The second kappa shape index (κ2) is 4.42. The molecule has 1 amide bonds. The SMILES string of the molecule is CC(=O)N[C@]1(N)CO[C@H](CO)[C@@H](O)[C@@H]1O. The fraction of sp³-hybridized carbons (Fsp3) is 0.875. The quantitative estimate of drug-likeness (QED) is 0.314. The lowest BCUT2D eigenvalue weighted by Crippen LogP contribution is -2.73. The summed E-state index contributed by atoms with van der Waals surface area (Å²) in [5.41, 5.74) is 4.15. The lowest BCUT2D eigenvalue weighted by Gasteiger charge is -2.43. The average molecular weight is 220 g/mol. The molecule has 0 aromatic rings. The summed E-state index contributed by atoms with van der Waals surface area (Å²) in [5, 5.41) is 30.3. The summed E-state index contributed by atoms with van der Waals surface area (Å²) < 4.78 is 5.03. The van der Waals surface area contributed by atoms with Crippen LogP contribution in [0, 0.1) is 0 Å². The van der Waals surface area contributed by atoms with Crippen LogP contribution in [0.2, 0.25) is 0 Å². The van der Waals surface area contributed by atoms with Crippen molar-refractivity contribution in [2.24, 2.45) is 5.73 Å². The highest BCUT2D eigenvalue weighted by Crippen LogP contribution is 2.20. The second-order valence-electron chi connectivity index (χ2n) is 3.69. The number of hydrogen-bond donors (Lipinski definition) is 5. The number of carbonyl (C=O) groups is 1. The third-order valence-corrected chi connectivity index (χ3v) is 2.36. The first kappa shape index (κ1) is 12.3. The third kappa shape index (κ3) is 2.44. The molecule has 0 spiro atoms. The van der Waals surface area contributed by atoms with E-state index in [4.69, 9.17) is 15.6 Å². The maximum absolute atomic E-state index is 10.8. The largest absolute Gasteiger partial charge is 0.394 e. The Hall–Kier alpha value is -0.730. The number of ether oxygens (including phenoxy) is 1. The van der Waals surface area contributed by atoms with Crippen molar-refractivity contribution in [1.82, 2.24) is 5.32 Å². The first-order valence-corrected chi connectivity index (χ1v) is 4.57. The van der Waals surface area contributed by atoms with Gasteiger partial charge in [0.1, 0.15) is 24.0 Å². The summed E-state index contributed by atoms with van der Waals surface area (Å²) in [6.07, 6.45) is -3.60. The Kier molecular flexibility index (Phi) is 3.63. The number of aliphatic hydroxyl groups excluding tert-OH is 3. The van der Waals surface area contributed by atoms with Crippen molar-refractivity contribution in [3.8, 4) is 0 Å². The number of nitrogens with two attached hydrogens (primary N) is 1. The lowest BCUT2D eigenvalue weighted by molar-refractivity contribution is -0.190. The monoisotopic (exact) mass is 220 g/mol.